The Morgan fingerprint density at radius 3 is 2.16 bits per heavy atom. The van der Waals surface area contributed by atoms with E-state index in [1.54, 1.807) is 20.3 Å². The van der Waals surface area contributed by atoms with Gasteiger partial charge in [0, 0.05) is 12.1 Å². The van der Waals surface area contributed by atoms with Crippen molar-refractivity contribution in [1.29, 1.82) is 0 Å². The third-order valence-electron chi connectivity index (χ3n) is 3.91. The summed E-state index contributed by atoms with van der Waals surface area (Å²) in [6.45, 7) is 0.830. The normalized spacial score (nSPS) is 16.9. The Bertz CT molecular complexity index is 410. The van der Waals surface area contributed by atoms with Gasteiger partial charge in [-0.25, -0.2) is 0 Å². The lowest BCUT2D eigenvalue weighted by Crippen LogP contribution is -2.54. The molecular formula is C13H22N4O2. The molecule has 0 radical (unpaired) electrons. The maximum Gasteiger partial charge on any atom is 0.229 e. The molecule has 0 aromatic carbocycles. The Morgan fingerprint density at radius 2 is 1.79 bits per heavy atom. The van der Waals surface area contributed by atoms with Crippen LogP contribution in [0.4, 0.5) is 5.95 Å². The van der Waals surface area contributed by atoms with Crippen molar-refractivity contribution in [3.05, 3.63) is 6.07 Å². The molecule has 19 heavy (non-hydrogen) atoms. The number of methoxy groups -OCH3 is 2. The lowest BCUT2D eigenvalue weighted by atomic mass is 9.75. The maximum absolute atomic E-state index is 5.14. The fraction of sp³-hybridized carbons (Fsp3) is 0.692. The Morgan fingerprint density at radius 1 is 1.21 bits per heavy atom. The van der Waals surface area contributed by atoms with Crippen LogP contribution in [0.15, 0.2) is 6.07 Å². The van der Waals surface area contributed by atoms with Gasteiger partial charge >= 0.3 is 0 Å². The van der Waals surface area contributed by atoms with Crippen molar-refractivity contribution < 1.29 is 9.47 Å². The van der Waals surface area contributed by atoms with Crippen molar-refractivity contribution in [1.82, 2.24) is 14.9 Å². The van der Waals surface area contributed by atoms with E-state index >= 15 is 0 Å². The van der Waals surface area contributed by atoms with Crippen molar-refractivity contribution in [2.45, 2.75) is 24.8 Å². The molecule has 6 nitrogen and oxygen atoms in total. The third kappa shape index (κ3) is 2.89. The number of nitrogens with one attached hydrogen (secondary N) is 1. The first kappa shape index (κ1) is 13.9. The Labute approximate surface area is 114 Å². The van der Waals surface area contributed by atoms with Gasteiger partial charge in [-0.15, -0.1) is 0 Å². The van der Waals surface area contributed by atoms with E-state index in [1.165, 1.54) is 19.3 Å². The van der Waals surface area contributed by atoms with E-state index in [1.807, 2.05) is 0 Å². The summed E-state index contributed by atoms with van der Waals surface area (Å²) >= 11 is 0. The molecule has 0 spiro atoms. The molecule has 1 aliphatic rings. The summed E-state index contributed by atoms with van der Waals surface area (Å²) in [5.74, 6) is 1.55. The SMILES string of the molecule is COc1cc(OC)nc(NCC2(N(C)C)CCC2)n1. The highest BCUT2D eigenvalue weighted by atomic mass is 16.5. The van der Waals surface area contributed by atoms with Crippen LogP contribution in [0.1, 0.15) is 19.3 Å². The number of hydrogen-bond donors (Lipinski definition) is 1. The molecule has 0 amide bonds. The number of nitrogens with zero attached hydrogens (tertiary/aromatic N) is 3. The van der Waals surface area contributed by atoms with E-state index in [2.05, 4.69) is 34.3 Å². The van der Waals surface area contributed by atoms with Gasteiger partial charge in [0.25, 0.3) is 0 Å². The molecule has 0 saturated heterocycles. The van der Waals surface area contributed by atoms with Crippen molar-refractivity contribution >= 4 is 5.95 Å². The summed E-state index contributed by atoms with van der Waals surface area (Å²) in [5.41, 5.74) is 0.222. The predicted octanol–water partition coefficient (Wildman–Crippen LogP) is 1.39. The van der Waals surface area contributed by atoms with Crippen LogP contribution in [0.2, 0.25) is 0 Å². The number of anilines is 1. The number of rotatable bonds is 6. The highest BCUT2D eigenvalue weighted by molar-refractivity contribution is 5.34. The molecule has 1 saturated carbocycles. The van der Waals surface area contributed by atoms with E-state index < -0.39 is 0 Å². The molecule has 0 unspecified atom stereocenters. The Balaban J connectivity index is 2.06. The number of ether oxygens (including phenoxy) is 2. The van der Waals surface area contributed by atoms with Crippen molar-refractivity contribution in [3.63, 3.8) is 0 Å². The molecule has 2 rings (SSSR count). The van der Waals surface area contributed by atoms with Crippen molar-refractivity contribution in [2.75, 3.05) is 40.2 Å². The minimum Gasteiger partial charge on any atom is -0.481 e. The van der Waals surface area contributed by atoms with Gasteiger partial charge in [-0.05, 0) is 33.4 Å². The van der Waals surface area contributed by atoms with E-state index in [-0.39, 0.29) is 5.54 Å². The molecule has 1 N–H and O–H groups in total. The summed E-state index contributed by atoms with van der Waals surface area (Å²) in [4.78, 5) is 10.8. The van der Waals surface area contributed by atoms with Gasteiger partial charge in [0.1, 0.15) is 0 Å². The summed E-state index contributed by atoms with van der Waals surface area (Å²) in [5, 5.41) is 3.29. The van der Waals surface area contributed by atoms with Crippen LogP contribution < -0.4 is 14.8 Å². The third-order valence-corrected chi connectivity index (χ3v) is 3.91. The first-order chi connectivity index (χ1) is 9.09. The molecule has 1 fully saturated rings. The fourth-order valence-electron chi connectivity index (χ4n) is 2.30. The van der Waals surface area contributed by atoms with Crippen LogP contribution >= 0.6 is 0 Å². The second-order valence-electron chi connectivity index (χ2n) is 5.10. The summed E-state index contributed by atoms with van der Waals surface area (Å²) in [6.07, 6.45) is 3.68. The molecule has 6 heteroatoms. The maximum atomic E-state index is 5.14. The lowest BCUT2D eigenvalue weighted by Gasteiger charge is -2.47. The zero-order valence-electron chi connectivity index (χ0n) is 12.1. The van der Waals surface area contributed by atoms with E-state index in [0.29, 0.717) is 17.7 Å². The van der Waals surface area contributed by atoms with Gasteiger partial charge in [-0.3, -0.25) is 0 Å². The molecule has 0 aliphatic heterocycles. The second-order valence-corrected chi connectivity index (χ2v) is 5.10. The quantitative estimate of drug-likeness (QED) is 0.839. The van der Waals surface area contributed by atoms with Crippen LogP contribution in [0.5, 0.6) is 11.8 Å². The molecule has 1 heterocycles. The standard InChI is InChI=1S/C13H22N4O2/c1-17(2)13(6-5-7-13)9-14-12-15-10(18-3)8-11(16-12)19-4/h8H,5-7,9H2,1-4H3,(H,14,15,16). The highest BCUT2D eigenvalue weighted by Gasteiger charge is 2.38. The largest absolute Gasteiger partial charge is 0.481 e. The molecular weight excluding hydrogens is 244 g/mol. The van der Waals surface area contributed by atoms with Gasteiger partial charge in [0.2, 0.25) is 17.7 Å². The van der Waals surface area contributed by atoms with Crippen molar-refractivity contribution in [2.24, 2.45) is 0 Å². The second kappa shape index (κ2) is 5.61. The Kier molecular flexibility index (Phi) is 4.09. The lowest BCUT2D eigenvalue weighted by molar-refractivity contribution is 0.0737. The molecule has 106 valence electrons. The van der Waals surface area contributed by atoms with Crippen LogP contribution in [0.25, 0.3) is 0 Å². The minimum atomic E-state index is 0.222. The van der Waals surface area contributed by atoms with Crippen LogP contribution in [-0.2, 0) is 0 Å². The van der Waals surface area contributed by atoms with Gasteiger partial charge in [0.05, 0.1) is 20.3 Å². The molecule has 1 aliphatic carbocycles. The fourth-order valence-corrected chi connectivity index (χ4v) is 2.30. The van der Waals surface area contributed by atoms with Gasteiger partial charge in [0.15, 0.2) is 0 Å². The predicted molar refractivity (Wildman–Crippen MR) is 73.9 cm³/mol. The van der Waals surface area contributed by atoms with Crippen LogP contribution in [0, 0.1) is 0 Å². The monoisotopic (exact) mass is 266 g/mol. The Hall–Kier alpha value is -1.56. The number of likely N-dealkylation sites (N-methyl/N-ethyl adjacent to an activating group) is 1. The van der Waals surface area contributed by atoms with Crippen LogP contribution in [0.3, 0.4) is 0 Å². The average molecular weight is 266 g/mol. The zero-order chi connectivity index (χ0) is 13.9. The van der Waals surface area contributed by atoms with E-state index in [0.717, 1.165) is 6.54 Å². The summed E-state index contributed by atoms with van der Waals surface area (Å²) < 4.78 is 10.3. The van der Waals surface area contributed by atoms with Crippen LogP contribution in [-0.4, -0.2) is 55.3 Å². The van der Waals surface area contributed by atoms with E-state index in [9.17, 15) is 0 Å². The first-order valence-corrected chi connectivity index (χ1v) is 6.48. The number of hydrogen-bond acceptors (Lipinski definition) is 6. The molecule has 0 bridgehead atoms. The molecule has 1 aromatic rings. The minimum absolute atomic E-state index is 0.222. The highest BCUT2D eigenvalue weighted by Crippen LogP contribution is 2.36. The summed E-state index contributed by atoms with van der Waals surface area (Å²) in [6, 6.07) is 1.66. The first-order valence-electron chi connectivity index (χ1n) is 6.48. The van der Waals surface area contributed by atoms with Gasteiger partial charge < -0.3 is 19.7 Å². The van der Waals surface area contributed by atoms with Crippen molar-refractivity contribution in [3.8, 4) is 11.8 Å². The van der Waals surface area contributed by atoms with E-state index in [4.69, 9.17) is 9.47 Å². The molecule has 1 aromatic heterocycles. The summed E-state index contributed by atoms with van der Waals surface area (Å²) in [7, 11) is 7.40. The van der Waals surface area contributed by atoms with Gasteiger partial charge in [-0.1, -0.05) is 0 Å². The zero-order valence-corrected chi connectivity index (χ0v) is 12.1. The molecule has 0 atom stereocenters. The average Bonchev–Trinajstić information content (AvgIpc) is 2.36. The topological polar surface area (TPSA) is 59.5 Å². The number of aromatic nitrogens is 2. The van der Waals surface area contributed by atoms with Gasteiger partial charge in [-0.2, -0.15) is 9.97 Å². The smallest absolute Gasteiger partial charge is 0.229 e.